The summed E-state index contributed by atoms with van der Waals surface area (Å²) in [6.45, 7) is 0. The van der Waals surface area contributed by atoms with Gasteiger partial charge >= 0.3 is 5.97 Å². The maximum absolute atomic E-state index is 12.6. The van der Waals surface area contributed by atoms with Crippen LogP contribution in [0.15, 0.2) is 20.9 Å². The van der Waals surface area contributed by atoms with E-state index in [9.17, 15) is 23.1 Å². The number of fused-ring (bicyclic) bond motifs is 1. The van der Waals surface area contributed by atoms with E-state index in [-0.39, 0.29) is 29.0 Å². The third kappa shape index (κ3) is 5.54. The number of aliphatic carboxylic acids is 1. The maximum atomic E-state index is 12.6. The van der Waals surface area contributed by atoms with Crippen LogP contribution in [0.3, 0.4) is 0 Å². The molecule has 1 aromatic heterocycles. The van der Waals surface area contributed by atoms with E-state index in [4.69, 9.17) is 26.4 Å². The number of rotatable bonds is 9. The van der Waals surface area contributed by atoms with Crippen LogP contribution in [0.25, 0.3) is 0 Å². The lowest BCUT2D eigenvalue weighted by Crippen LogP contribution is -2.70. The molecule has 1 saturated heterocycles. The van der Waals surface area contributed by atoms with Crippen molar-refractivity contribution >= 4 is 62.7 Å². The van der Waals surface area contributed by atoms with Gasteiger partial charge in [-0.3, -0.25) is 14.2 Å². The van der Waals surface area contributed by atoms with Crippen LogP contribution in [-0.2, 0) is 25.5 Å². The number of amides is 1. The highest BCUT2D eigenvalue weighted by atomic mass is 32.2. The number of hydrogen-bond acceptors (Lipinski definition) is 11. The number of thiocarbonyl (C=S) groups is 1. The van der Waals surface area contributed by atoms with Crippen LogP contribution in [0.4, 0.5) is 0 Å². The van der Waals surface area contributed by atoms with Crippen molar-refractivity contribution in [1.29, 1.82) is 5.26 Å². The highest BCUT2D eigenvalue weighted by molar-refractivity contribution is 8.01. The summed E-state index contributed by atoms with van der Waals surface area (Å²) in [6, 6.07) is 1.31. The van der Waals surface area contributed by atoms with Gasteiger partial charge in [-0.15, -0.1) is 22.0 Å². The van der Waals surface area contributed by atoms with E-state index in [0.29, 0.717) is 22.7 Å². The largest absolute Gasteiger partial charge is 0.477 e. The fraction of sp³-hybridized carbons (Fsp3) is 0.467. The van der Waals surface area contributed by atoms with Crippen molar-refractivity contribution in [3.05, 3.63) is 17.2 Å². The first kappa shape index (κ1) is 23.5. The summed E-state index contributed by atoms with van der Waals surface area (Å²) in [7, 11) is -4.32. The van der Waals surface area contributed by atoms with E-state index in [1.54, 1.807) is 0 Å². The van der Waals surface area contributed by atoms with Crippen molar-refractivity contribution in [3.63, 3.8) is 0 Å². The zero-order chi connectivity index (χ0) is 22.8. The lowest BCUT2D eigenvalue weighted by molar-refractivity contribution is -0.148. The van der Waals surface area contributed by atoms with E-state index >= 15 is 0 Å². The summed E-state index contributed by atoms with van der Waals surface area (Å²) in [5.41, 5.74) is 0.340. The summed E-state index contributed by atoms with van der Waals surface area (Å²) in [6.07, 6.45) is 0.539. The summed E-state index contributed by atoms with van der Waals surface area (Å²) in [5.74, 6) is -2.35. The molecular formula is C15H15N5O7S4. The molecule has 0 spiro atoms. The van der Waals surface area contributed by atoms with Crippen molar-refractivity contribution in [2.75, 3.05) is 11.5 Å². The lowest BCUT2D eigenvalue weighted by atomic mass is 10.0. The topological polar surface area (TPSA) is 187 Å². The summed E-state index contributed by atoms with van der Waals surface area (Å²) < 4.78 is 35.7. The van der Waals surface area contributed by atoms with Gasteiger partial charge in [-0.1, -0.05) is 24.0 Å². The van der Waals surface area contributed by atoms with Crippen LogP contribution >= 0.6 is 35.7 Å². The molecule has 12 nitrogen and oxygen atoms in total. The minimum Gasteiger partial charge on any atom is -0.477 e. The Labute approximate surface area is 190 Å². The van der Waals surface area contributed by atoms with Crippen molar-refractivity contribution in [1.82, 2.24) is 20.4 Å². The second-order valence-electron chi connectivity index (χ2n) is 6.35. The van der Waals surface area contributed by atoms with Crippen LogP contribution < -0.4 is 5.32 Å². The number of nitrogens with one attached hydrogen (secondary N) is 1. The number of aromatic nitrogens is 2. The molecule has 1 aromatic rings. The van der Waals surface area contributed by atoms with Crippen molar-refractivity contribution in [2.24, 2.45) is 0 Å². The molecule has 0 bridgehead atoms. The minimum absolute atomic E-state index is 0.000308. The molecule has 1 fully saturated rings. The quantitative estimate of drug-likeness (QED) is 0.181. The molecule has 166 valence electrons. The number of carbonyl (C=O) groups excluding carboxylic acids is 1. The molecule has 3 N–H and O–H groups in total. The van der Waals surface area contributed by atoms with Gasteiger partial charge in [0, 0.05) is 24.3 Å². The van der Waals surface area contributed by atoms with Gasteiger partial charge in [0.2, 0.25) is 5.89 Å². The number of carbonyl (C=O) groups is 2. The Morgan fingerprint density at radius 2 is 2.23 bits per heavy atom. The Morgan fingerprint density at radius 1 is 1.48 bits per heavy atom. The third-order valence-electron chi connectivity index (χ3n) is 4.15. The molecule has 0 saturated carbocycles. The fourth-order valence-electron chi connectivity index (χ4n) is 2.87. The molecule has 16 heteroatoms. The van der Waals surface area contributed by atoms with Gasteiger partial charge in [-0.2, -0.15) is 13.7 Å². The van der Waals surface area contributed by atoms with Crippen LogP contribution in [0.2, 0.25) is 0 Å². The van der Waals surface area contributed by atoms with E-state index in [0.717, 1.165) is 11.8 Å². The van der Waals surface area contributed by atoms with Gasteiger partial charge in [-0.25, -0.2) is 4.79 Å². The Bertz CT molecular complexity index is 1090. The summed E-state index contributed by atoms with van der Waals surface area (Å²) in [4.78, 5) is 26.0. The first-order valence-electron chi connectivity index (χ1n) is 8.57. The average molecular weight is 506 g/mol. The molecule has 1 amide bonds. The number of hydrogen-bond donors (Lipinski definition) is 3. The molecule has 0 radical (unpaired) electrons. The molecule has 3 heterocycles. The molecule has 2 aliphatic heterocycles. The first-order valence-corrected chi connectivity index (χ1v) is 12.6. The minimum atomic E-state index is -4.32. The Balaban J connectivity index is 1.68. The molecule has 0 aromatic carbocycles. The van der Waals surface area contributed by atoms with E-state index < -0.39 is 39.2 Å². The normalized spacial score (nSPS) is 20.6. The third-order valence-corrected chi connectivity index (χ3v) is 7.33. The van der Waals surface area contributed by atoms with Gasteiger partial charge in [0.25, 0.3) is 21.2 Å². The van der Waals surface area contributed by atoms with Crippen LogP contribution in [-0.4, -0.2) is 73.0 Å². The summed E-state index contributed by atoms with van der Waals surface area (Å²) >= 11 is 7.49. The molecule has 0 aliphatic carbocycles. The maximum Gasteiger partial charge on any atom is 0.352 e. The predicted octanol–water partition coefficient (Wildman–Crippen LogP) is 0.393. The number of carboxylic acid groups (broad SMARTS) is 1. The predicted molar refractivity (Wildman–Crippen MR) is 112 cm³/mol. The van der Waals surface area contributed by atoms with Crippen LogP contribution in [0.1, 0.15) is 18.7 Å². The van der Waals surface area contributed by atoms with E-state index in [1.807, 2.05) is 6.07 Å². The highest BCUT2D eigenvalue weighted by Gasteiger charge is 2.53. The van der Waals surface area contributed by atoms with Crippen molar-refractivity contribution in [2.45, 2.75) is 35.2 Å². The molecular weight excluding hydrogens is 490 g/mol. The molecule has 2 aliphatic rings. The van der Waals surface area contributed by atoms with Crippen molar-refractivity contribution in [3.8, 4) is 6.07 Å². The zero-order valence-electron chi connectivity index (χ0n) is 15.5. The second-order valence-corrected chi connectivity index (χ2v) is 10.3. The average Bonchev–Trinajstić information content (AvgIpc) is 3.13. The number of β-lactam (4-membered cyclic amide) rings is 1. The van der Waals surface area contributed by atoms with E-state index in [1.165, 1.54) is 16.7 Å². The number of carboxylic acids is 1. The number of nitrogens with zero attached hydrogens (tertiary/aromatic N) is 4. The lowest BCUT2D eigenvalue weighted by Gasteiger charge is -2.49. The van der Waals surface area contributed by atoms with Gasteiger partial charge < -0.3 is 14.8 Å². The Kier molecular flexibility index (Phi) is 7.21. The van der Waals surface area contributed by atoms with Gasteiger partial charge in [-0.05, 0) is 5.57 Å². The number of thioether (sulfide) groups is 2. The Morgan fingerprint density at radius 3 is 2.87 bits per heavy atom. The first-order chi connectivity index (χ1) is 14.6. The molecule has 3 rings (SSSR count). The number of nitriles is 1. The van der Waals surface area contributed by atoms with Gasteiger partial charge in [0.1, 0.15) is 17.1 Å². The van der Waals surface area contributed by atoms with Crippen LogP contribution in [0.5, 0.6) is 0 Å². The van der Waals surface area contributed by atoms with Crippen molar-refractivity contribution < 1.29 is 32.1 Å². The monoisotopic (exact) mass is 505 g/mol. The zero-order valence-corrected chi connectivity index (χ0v) is 18.8. The summed E-state index contributed by atoms with van der Waals surface area (Å²) in [5, 5.41) is 27.9. The van der Waals surface area contributed by atoms with Crippen LogP contribution in [0, 0.1) is 11.3 Å². The van der Waals surface area contributed by atoms with Gasteiger partial charge in [0.15, 0.2) is 5.75 Å². The van der Waals surface area contributed by atoms with Gasteiger partial charge in [0.05, 0.1) is 11.1 Å². The fourth-order valence-corrected chi connectivity index (χ4v) is 5.79. The standard InChI is InChI=1S/C15H15N5O7S4/c16-3-1-2-9(28)17-10-12(21)20-11(14(22)23)7(4-29-13(10)20)5-30-15-19-18-8(27-15)6-31(24,25)26/h10,13H,1-2,4-6H2,(H,17,28)(H,22,23)(H,24,25,26)/t10?,13-/m1/s1. The molecule has 1 unspecified atom stereocenters. The molecule has 31 heavy (non-hydrogen) atoms. The highest BCUT2D eigenvalue weighted by Crippen LogP contribution is 2.41. The SMILES string of the molecule is N#CCCC(=S)NC1C(=O)N2C(C(=O)O)=C(CSc3nnc(CS(=O)(=O)O)o3)CS[C@H]12. The smallest absolute Gasteiger partial charge is 0.352 e. The van der Waals surface area contributed by atoms with E-state index in [2.05, 4.69) is 15.5 Å². The second kappa shape index (κ2) is 9.53. The molecule has 2 atom stereocenters. The Hall–Kier alpha value is -2.19.